The second-order valence-corrected chi connectivity index (χ2v) is 10.6. The average Bonchev–Trinajstić information content (AvgIpc) is 2.74. The minimum Gasteiger partial charge on any atom is -0.382 e. The molecule has 33 heavy (non-hydrogen) atoms. The average molecular weight is 503 g/mol. The van der Waals surface area contributed by atoms with E-state index in [1.54, 1.807) is 24.3 Å². The van der Waals surface area contributed by atoms with Crippen LogP contribution < -0.4 is 0 Å². The van der Waals surface area contributed by atoms with E-state index in [2.05, 4.69) is 0 Å². The number of ether oxygens (including phenoxy) is 3. The van der Waals surface area contributed by atoms with Crippen LogP contribution in [0.5, 0.6) is 0 Å². The Bertz CT molecular complexity index is 976. The standard InChI is InChI=1S/C22H30O9S2/c1-17-5-9-21(10-6-17)32(23,24)30-19(13-27-3)15-29-16-20(14-28-4)31-33(25,26)22-11-7-18(2)8-12-22/h5-12,19-20H,13-16H2,1-4H3. The molecule has 2 aromatic carbocycles. The van der Waals surface area contributed by atoms with Crippen LogP contribution in [0.2, 0.25) is 0 Å². The lowest BCUT2D eigenvalue weighted by molar-refractivity contribution is -0.0289. The van der Waals surface area contributed by atoms with Gasteiger partial charge < -0.3 is 14.2 Å². The van der Waals surface area contributed by atoms with Crippen LogP contribution in [0.4, 0.5) is 0 Å². The first kappa shape index (κ1) is 27.4. The molecule has 2 unspecified atom stereocenters. The number of aryl methyl sites for hydroxylation is 2. The third kappa shape index (κ3) is 8.78. The molecular formula is C22H30O9S2. The highest BCUT2D eigenvalue weighted by Crippen LogP contribution is 2.17. The van der Waals surface area contributed by atoms with Gasteiger partial charge in [-0.2, -0.15) is 16.8 Å². The van der Waals surface area contributed by atoms with E-state index < -0.39 is 32.4 Å². The van der Waals surface area contributed by atoms with Crippen LogP contribution in [0.3, 0.4) is 0 Å². The highest BCUT2D eigenvalue weighted by Gasteiger charge is 2.25. The maximum Gasteiger partial charge on any atom is 0.297 e. The Hall–Kier alpha value is -1.86. The van der Waals surface area contributed by atoms with Gasteiger partial charge in [0.05, 0.1) is 36.2 Å². The molecule has 2 atom stereocenters. The molecule has 0 saturated carbocycles. The minimum atomic E-state index is -4.04. The SMILES string of the molecule is COCC(COCC(COC)OS(=O)(=O)c1ccc(C)cc1)OS(=O)(=O)c1ccc(C)cc1. The van der Waals surface area contributed by atoms with Crippen molar-refractivity contribution in [3.05, 3.63) is 59.7 Å². The monoisotopic (exact) mass is 502 g/mol. The largest absolute Gasteiger partial charge is 0.382 e. The topological polar surface area (TPSA) is 114 Å². The molecule has 184 valence electrons. The maximum atomic E-state index is 12.5. The van der Waals surface area contributed by atoms with Gasteiger partial charge in [-0.1, -0.05) is 35.4 Å². The van der Waals surface area contributed by atoms with Gasteiger partial charge in [-0.05, 0) is 38.1 Å². The van der Waals surface area contributed by atoms with Crippen LogP contribution in [-0.4, -0.2) is 69.7 Å². The van der Waals surface area contributed by atoms with E-state index in [-0.39, 0.29) is 36.2 Å². The zero-order valence-corrected chi connectivity index (χ0v) is 20.7. The molecule has 9 nitrogen and oxygen atoms in total. The van der Waals surface area contributed by atoms with Crippen LogP contribution in [0.1, 0.15) is 11.1 Å². The summed E-state index contributed by atoms with van der Waals surface area (Å²) in [5.41, 5.74) is 1.82. The Balaban J connectivity index is 1.99. The fourth-order valence-electron chi connectivity index (χ4n) is 2.79. The number of rotatable bonds is 14. The first-order valence-electron chi connectivity index (χ1n) is 10.1. The lowest BCUT2D eigenvalue weighted by Crippen LogP contribution is -2.33. The van der Waals surface area contributed by atoms with Gasteiger partial charge in [0.15, 0.2) is 0 Å². The van der Waals surface area contributed by atoms with Gasteiger partial charge in [-0.3, -0.25) is 8.37 Å². The van der Waals surface area contributed by atoms with Crippen molar-refractivity contribution in [2.75, 3.05) is 40.6 Å². The molecule has 0 N–H and O–H groups in total. The van der Waals surface area contributed by atoms with Crippen molar-refractivity contribution >= 4 is 20.2 Å². The van der Waals surface area contributed by atoms with Crippen molar-refractivity contribution in [3.8, 4) is 0 Å². The third-order valence-corrected chi connectivity index (χ3v) is 7.21. The molecular weight excluding hydrogens is 472 g/mol. The van der Waals surface area contributed by atoms with Crippen LogP contribution >= 0.6 is 0 Å². The van der Waals surface area contributed by atoms with Crippen LogP contribution in [0.25, 0.3) is 0 Å². The molecule has 0 aliphatic heterocycles. The molecule has 0 aromatic heterocycles. The zero-order valence-electron chi connectivity index (χ0n) is 19.1. The molecule has 0 heterocycles. The van der Waals surface area contributed by atoms with Crippen molar-refractivity contribution in [1.82, 2.24) is 0 Å². The summed E-state index contributed by atoms with van der Waals surface area (Å²) < 4.78 is 76.3. The molecule has 0 amide bonds. The summed E-state index contributed by atoms with van der Waals surface area (Å²) in [4.78, 5) is 0.0259. The lowest BCUT2D eigenvalue weighted by atomic mass is 10.2. The normalized spacial score (nSPS) is 14.2. The number of hydrogen-bond acceptors (Lipinski definition) is 9. The van der Waals surface area contributed by atoms with E-state index in [4.69, 9.17) is 22.6 Å². The third-order valence-electron chi connectivity index (χ3n) is 4.46. The number of methoxy groups -OCH3 is 2. The van der Waals surface area contributed by atoms with E-state index in [0.29, 0.717) is 0 Å². The van der Waals surface area contributed by atoms with Gasteiger partial charge in [-0.25, -0.2) is 0 Å². The van der Waals surface area contributed by atoms with E-state index in [0.717, 1.165) is 11.1 Å². The predicted molar refractivity (Wildman–Crippen MR) is 121 cm³/mol. The summed E-state index contributed by atoms with van der Waals surface area (Å²) in [6, 6.07) is 12.5. The smallest absolute Gasteiger partial charge is 0.297 e. The van der Waals surface area contributed by atoms with Crippen LogP contribution in [-0.2, 0) is 42.8 Å². The van der Waals surface area contributed by atoms with E-state index >= 15 is 0 Å². The molecule has 2 rings (SSSR count). The summed E-state index contributed by atoms with van der Waals surface area (Å²) in [6.07, 6.45) is -1.89. The fraction of sp³-hybridized carbons (Fsp3) is 0.455. The van der Waals surface area contributed by atoms with Crippen molar-refractivity contribution in [1.29, 1.82) is 0 Å². The number of benzene rings is 2. The molecule has 0 bridgehead atoms. The summed E-state index contributed by atoms with van der Waals surface area (Å²) in [7, 11) is -5.27. The summed E-state index contributed by atoms with van der Waals surface area (Å²) in [6.45, 7) is 3.23. The van der Waals surface area contributed by atoms with Gasteiger partial charge in [0, 0.05) is 14.2 Å². The second kappa shape index (κ2) is 12.6. The van der Waals surface area contributed by atoms with Gasteiger partial charge in [-0.15, -0.1) is 0 Å². The predicted octanol–water partition coefficient (Wildman–Crippen LogP) is 2.46. The highest BCUT2D eigenvalue weighted by molar-refractivity contribution is 7.87. The van der Waals surface area contributed by atoms with E-state index in [9.17, 15) is 16.8 Å². The van der Waals surface area contributed by atoms with Gasteiger partial charge in [0.25, 0.3) is 20.2 Å². The molecule has 0 aliphatic rings. The first-order valence-corrected chi connectivity index (χ1v) is 12.9. The van der Waals surface area contributed by atoms with Crippen molar-refractivity contribution < 1.29 is 39.4 Å². The number of hydrogen-bond donors (Lipinski definition) is 0. The Kier molecular flexibility index (Phi) is 10.4. The summed E-state index contributed by atoms with van der Waals surface area (Å²) in [5.74, 6) is 0. The second-order valence-electron chi connectivity index (χ2n) is 7.42. The molecule has 0 aliphatic carbocycles. The van der Waals surface area contributed by atoms with Gasteiger partial charge in [0.2, 0.25) is 0 Å². The van der Waals surface area contributed by atoms with Crippen molar-refractivity contribution in [3.63, 3.8) is 0 Å². The minimum absolute atomic E-state index is 0.0130. The molecule has 11 heteroatoms. The Morgan fingerprint density at radius 2 is 0.939 bits per heavy atom. The molecule has 0 saturated heterocycles. The van der Waals surface area contributed by atoms with Crippen molar-refractivity contribution in [2.45, 2.75) is 35.8 Å². The molecule has 2 aromatic rings. The van der Waals surface area contributed by atoms with Crippen LogP contribution in [0.15, 0.2) is 58.3 Å². The molecule has 0 radical (unpaired) electrons. The Labute approximate surface area is 195 Å². The molecule has 0 spiro atoms. The van der Waals surface area contributed by atoms with Gasteiger partial charge >= 0.3 is 0 Å². The highest BCUT2D eigenvalue weighted by atomic mass is 32.2. The van der Waals surface area contributed by atoms with Gasteiger partial charge in [0.1, 0.15) is 12.2 Å². The van der Waals surface area contributed by atoms with E-state index in [1.165, 1.54) is 38.5 Å². The summed E-state index contributed by atoms with van der Waals surface area (Å²) in [5, 5.41) is 0. The first-order chi connectivity index (χ1) is 15.6. The maximum absolute atomic E-state index is 12.5. The zero-order chi connectivity index (χ0) is 24.5. The fourth-order valence-corrected chi connectivity index (χ4v) is 4.89. The molecule has 0 fully saturated rings. The van der Waals surface area contributed by atoms with E-state index in [1.807, 2.05) is 13.8 Å². The Morgan fingerprint density at radius 3 is 1.24 bits per heavy atom. The van der Waals surface area contributed by atoms with Crippen LogP contribution in [0, 0.1) is 13.8 Å². The van der Waals surface area contributed by atoms with Crippen molar-refractivity contribution in [2.24, 2.45) is 0 Å². The lowest BCUT2D eigenvalue weighted by Gasteiger charge is -2.20. The summed E-state index contributed by atoms with van der Waals surface area (Å²) >= 11 is 0. The Morgan fingerprint density at radius 1 is 0.606 bits per heavy atom. The quantitative estimate of drug-likeness (QED) is 0.359.